The molecule has 1 heterocycles. The number of hydrogen-bond acceptors (Lipinski definition) is 6. The standard InChI is InChI=1S/C22H28F2N4OS/c1-30-7-6-29-19-11-26-22(27-12-19)25-10-17-8-18(23)9-20(24)21(17)28(13-15-2-3-15)14-16-4-5-16/h8-9,11-12,15-16H,2-7,10,13-14H2,1H3,(H,25,26,27). The molecular formula is C22H28F2N4OS. The van der Waals surface area contributed by atoms with Crippen molar-refractivity contribution in [3.63, 3.8) is 0 Å². The molecule has 0 unspecified atom stereocenters. The topological polar surface area (TPSA) is 50.3 Å². The summed E-state index contributed by atoms with van der Waals surface area (Å²) in [4.78, 5) is 10.6. The van der Waals surface area contributed by atoms with Crippen molar-refractivity contribution in [2.75, 3.05) is 41.9 Å². The van der Waals surface area contributed by atoms with Crippen molar-refractivity contribution in [1.82, 2.24) is 9.97 Å². The molecule has 2 aliphatic rings. The van der Waals surface area contributed by atoms with E-state index in [1.165, 1.54) is 31.7 Å². The lowest BCUT2D eigenvalue weighted by atomic mass is 10.1. The lowest BCUT2D eigenvalue weighted by molar-refractivity contribution is 0.341. The fraction of sp³-hybridized carbons (Fsp3) is 0.545. The molecule has 2 saturated carbocycles. The average molecular weight is 435 g/mol. The van der Waals surface area contributed by atoms with Crippen molar-refractivity contribution in [2.45, 2.75) is 32.2 Å². The van der Waals surface area contributed by atoms with Gasteiger partial charge in [0.25, 0.3) is 0 Å². The zero-order chi connectivity index (χ0) is 20.9. The van der Waals surface area contributed by atoms with Crippen LogP contribution in [0.2, 0.25) is 0 Å². The second kappa shape index (κ2) is 9.81. The number of rotatable bonds is 12. The van der Waals surface area contributed by atoms with Crippen LogP contribution >= 0.6 is 11.8 Å². The monoisotopic (exact) mass is 434 g/mol. The Kier molecular flexibility index (Phi) is 6.92. The van der Waals surface area contributed by atoms with Gasteiger partial charge in [-0.2, -0.15) is 11.8 Å². The van der Waals surface area contributed by atoms with Crippen LogP contribution in [0.3, 0.4) is 0 Å². The molecule has 0 aliphatic heterocycles. The van der Waals surface area contributed by atoms with Gasteiger partial charge in [-0.1, -0.05) is 0 Å². The first-order valence-corrected chi connectivity index (χ1v) is 11.9. The molecule has 0 bridgehead atoms. The van der Waals surface area contributed by atoms with Gasteiger partial charge in [-0.3, -0.25) is 0 Å². The molecule has 2 fully saturated rings. The van der Waals surface area contributed by atoms with Crippen molar-refractivity contribution in [1.29, 1.82) is 0 Å². The molecule has 162 valence electrons. The van der Waals surface area contributed by atoms with Gasteiger partial charge in [0.1, 0.15) is 11.6 Å². The van der Waals surface area contributed by atoms with E-state index in [0.29, 0.717) is 41.4 Å². The van der Waals surface area contributed by atoms with Crippen LogP contribution in [-0.4, -0.2) is 41.7 Å². The Bertz CT molecular complexity index is 830. The summed E-state index contributed by atoms with van der Waals surface area (Å²) in [7, 11) is 0. The third kappa shape index (κ3) is 5.97. The van der Waals surface area contributed by atoms with Crippen LogP contribution in [0, 0.1) is 23.5 Å². The average Bonchev–Trinajstić information content (AvgIpc) is 3.64. The van der Waals surface area contributed by atoms with Gasteiger partial charge < -0.3 is 15.0 Å². The Hall–Kier alpha value is -2.09. The maximum atomic E-state index is 14.9. The van der Waals surface area contributed by atoms with Crippen LogP contribution in [0.25, 0.3) is 0 Å². The summed E-state index contributed by atoms with van der Waals surface area (Å²) in [6, 6.07) is 2.40. The molecule has 30 heavy (non-hydrogen) atoms. The molecule has 2 aliphatic carbocycles. The largest absolute Gasteiger partial charge is 0.489 e. The van der Waals surface area contributed by atoms with Gasteiger partial charge in [0.15, 0.2) is 5.75 Å². The number of nitrogens with one attached hydrogen (secondary N) is 1. The second-order valence-corrected chi connectivity index (χ2v) is 9.11. The third-order valence-corrected chi connectivity index (χ3v) is 5.97. The molecular weight excluding hydrogens is 406 g/mol. The minimum Gasteiger partial charge on any atom is -0.489 e. The van der Waals surface area contributed by atoms with Crippen molar-refractivity contribution < 1.29 is 13.5 Å². The molecule has 0 saturated heterocycles. The van der Waals surface area contributed by atoms with Crippen molar-refractivity contribution in [3.8, 4) is 5.75 Å². The van der Waals surface area contributed by atoms with E-state index in [2.05, 4.69) is 20.2 Å². The SMILES string of the molecule is CSCCOc1cnc(NCc2cc(F)cc(F)c2N(CC2CC2)CC2CC2)nc1. The number of ether oxygens (including phenoxy) is 1. The van der Waals surface area contributed by atoms with Gasteiger partial charge in [0.2, 0.25) is 5.95 Å². The first kappa shape index (κ1) is 21.2. The molecule has 0 spiro atoms. The maximum absolute atomic E-state index is 14.9. The molecule has 1 N–H and O–H groups in total. The summed E-state index contributed by atoms with van der Waals surface area (Å²) in [6.07, 6.45) is 10.00. The quantitative estimate of drug-likeness (QED) is 0.487. The van der Waals surface area contributed by atoms with Crippen LogP contribution in [0.15, 0.2) is 24.5 Å². The van der Waals surface area contributed by atoms with Crippen molar-refractivity contribution in [3.05, 3.63) is 41.7 Å². The first-order valence-electron chi connectivity index (χ1n) is 10.5. The van der Waals surface area contributed by atoms with E-state index in [1.54, 1.807) is 24.2 Å². The fourth-order valence-electron chi connectivity index (χ4n) is 3.49. The summed E-state index contributed by atoms with van der Waals surface area (Å²) >= 11 is 1.71. The van der Waals surface area contributed by atoms with E-state index >= 15 is 0 Å². The van der Waals surface area contributed by atoms with Gasteiger partial charge in [0, 0.05) is 37.0 Å². The molecule has 2 aromatic rings. The maximum Gasteiger partial charge on any atom is 0.223 e. The van der Waals surface area contributed by atoms with Gasteiger partial charge in [-0.25, -0.2) is 18.7 Å². The Balaban J connectivity index is 1.46. The van der Waals surface area contributed by atoms with E-state index < -0.39 is 11.6 Å². The molecule has 0 amide bonds. The summed E-state index contributed by atoms with van der Waals surface area (Å²) in [5.41, 5.74) is 1.11. The number of nitrogens with zero attached hydrogens (tertiary/aromatic N) is 3. The van der Waals surface area contributed by atoms with Gasteiger partial charge in [0.05, 0.1) is 24.7 Å². The van der Waals surface area contributed by atoms with E-state index in [4.69, 9.17) is 4.74 Å². The molecule has 1 aromatic carbocycles. The predicted octanol–water partition coefficient (Wildman–Crippen LogP) is 4.74. The Morgan fingerprint density at radius 3 is 2.37 bits per heavy atom. The number of thioether (sulfide) groups is 1. The Labute approximate surface area is 180 Å². The third-order valence-electron chi connectivity index (χ3n) is 5.40. The number of hydrogen-bond donors (Lipinski definition) is 1. The smallest absolute Gasteiger partial charge is 0.223 e. The normalized spacial score (nSPS) is 15.8. The van der Waals surface area contributed by atoms with Crippen LogP contribution in [0.1, 0.15) is 31.2 Å². The molecule has 0 radical (unpaired) electrons. The molecule has 4 rings (SSSR count). The predicted molar refractivity (Wildman–Crippen MR) is 117 cm³/mol. The van der Waals surface area contributed by atoms with Crippen LogP contribution in [0.4, 0.5) is 20.4 Å². The zero-order valence-electron chi connectivity index (χ0n) is 17.2. The van der Waals surface area contributed by atoms with E-state index in [9.17, 15) is 8.78 Å². The fourth-order valence-corrected chi connectivity index (χ4v) is 3.74. The zero-order valence-corrected chi connectivity index (χ0v) is 18.1. The highest BCUT2D eigenvalue weighted by molar-refractivity contribution is 7.98. The molecule has 1 aromatic heterocycles. The number of anilines is 2. The van der Waals surface area contributed by atoms with E-state index in [1.807, 2.05) is 6.26 Å². The summed E-state index contributed by atoms with van der Waals surface area (Å²) in [6.45, 7) is 2.53. The van der Waals surface area contributed by atoms with E-state index in [0.717, 1.165) is 24.9 Å². The minimum atomic E-state index is -0.565. The van der Waals surface area contributed by atoms with Gasteiger partial charge in [-0.15, -0.1) is 0 Å². The van der Waals surface area contributed by atoms with Gasteiger partial charge >= 0.3 is 0 Å². The lowest BCUT2D eigenvalue weighted by Gasteiger charge is -2.28. The molecule has 5 nitrogen and oxygen atoms in total. The van der Waals surface area contributed by atoms with Crippen LogP contribution < -0.4 is 15.0 Å². The first-order chi connectivity index (χ1) is 14.6. The second-order valence-electron chi connectivity index (χ2n) is 8.12. The number of benzene rings is 1. The summed E-state index contributed by atoms with van der Waals surface area (Å²) < 4.78 is 34.4. The lowest BCUT2D eigenvalue weighted by Crippen LogP contribution is -2.30. The van der Waals surface area contributed by atoms with Crippen LogP contribution in [-0.2, 0) is 6.54 Å². The van der Waals surface area contributed by atoms with E-state index in [-0.39, 0.29) is 6.54 Å². The summed E-state index contributed by atoms with van der Waals surface area (Å²) in [5, 5.41) is 3.10. The molecule has 8 heteroatoms. The molecule has 0 atom stereocenters. The highest BCUT2D eigenvalue weighted by atomic mass is 32.2. The van der Waals surface area contributed by atoms with Crippen molar-refractivity contribution >= 4 is 23.4 Å². The van der Waals surface area contributed by atoms with Gasteiger partial charge in [-0.05, 0) is 49.8 Å². The highest BCUT2D eigenvalue weighted by Crippen LogP contribution is 2.38. The Morgan fingerprint density at radius 2 is 1.77 bits per heavy atom. The van der Waals surface area contributed by atoms with Crippen LogP contribution in [0.5, 0.6) is 5.75 Å². The number of aromatic nitrogens is 2. The summed E-state index contributed by atoms with van der Waals surface area (Å²) in [5.74, 6) is 2.08. The minimum absolute atomic E-state index is 0.253. The van der Waals surface area contributed by atoms with Crippen molar-refractivity contribution in [2.24, 2.45) is 11.8 Å². The number of halogens is 2. The Morgan fingerprint density at radius 1 is 1.10 bits per heavy atom. The highest BCUT2D eigenvalue weighted by Gasteiger charge is 2.31.